The van der Waals surface area contributed by atoms with Crippen LogP contribution >= 0.6 is 12.4 Å². The van der Waals surface area contributed by atoms with Gasteiger partial charge in [-0.15, -0.1) is 12.4 Å². The van der Waals surface area contributed by atoms with E-state index in [2.05, 4.69) is 0 Å². The molecule has 2 nitrogen and oxygen atoms in total. The van der Waals surface area contributed by atoms with Gasteiger partial charge in [0.15, 0.2) is 11.6 Å². The third-order valence-electron chi connectivity index (χ3n) is 1.47. The lowest BCUT2D eigenvalue weighted by molar-refractivity contribution is 0.381. The van der Waals surface area contributed by atoms with Crippen molar-refractivity contribution in [1.29, 1.82) is 0 Å². The first-order chi connectivity index (χ1) is 5.29. The van der Waals surface area contributed by atoms with Crippen LogP contribution in [0.3, 0.4) is 0 Å². The van der Waals surface area contributed by atoms with Crippen molar-refractivity contribution in [3.8, 4) is 5.75 Å². The van der Waals surface area contributed by atoms with Gasteiger partial charge in [0.1, 0.15) is 0 Å². The highest BCUT2D eigenvalue weighted by Crippen LogP contribution is 2.20. The van der Waals surface area contributed by atoms with E-state index in [4.69, 9.17) is 10.5 Å². The number of hydrogen-bond donors (Lipinski definition) is 1. The number of methoxy groups -OCH3 is 1. The minimum Gasteiger partial charge on any atom is -0.493 e. The van der Waals surface area contributed by atoms with Crippen LogP contribution in [0, 0.1) is 5.82 Å². The molecule has 0 aliphatic rings. The second-order valence-corrected chi connectivity index (χ2v) is 2.14. The molecule has 4 heteroatoms. The van der Waals surface area contributed by atoms with Crippen LogP contribution in [0.25, 0.3) is 0 Å². The van der Waals surface area contributed by atoms with Crippen LogP contribution in [0.4, 0.5) is 4.39 Å². The van der Waals surface area contributed by atoms with Crippen LogP contribution in [0.5, 0.6) is 5.75 Å². The summed E-state index contributed by atoms with van der Waals surface area (Å²) in [5.74, 6) is -0.120. The number of halogens is 2. The lowest BCUT2D eigenvalue weighted by Crippen LogP contribution is -2.01. The van der Waals surface area contributed by atoms with Crippen molar-refractivity contribution >= 4 is 12.4 Å². The van der Waals surface area contributed by atoms with Gasteiger partial charge in [-0.1, -0.05) is 12.1 Å². The van der Waals surface area contributed by atoms with Gasteiger partial charge in [0.05, 0.1) is 7.11 Å². The molecule has 0 spiro atoms. The van der Waals surface area contributed by atoms with Crippen LogP contribution < -0.4 is 10.5 Å². The first kappa shape index (κ1) is 11.2. The predicted octanol–water partition coefficient (Wildman–Crippen LogP) is 1.71. The quantitative estimate of drug-likeness (QED) is 0.773. The summed E-state index contributed by atoms with van der Waals surface area (Å²) in [5, 5.41) is 0. The zero-order valence-electron chi connectivity index (χ0n) is 6.71. The van der Waals surface area contributed by atoms with Gasteiger partial charge < -0.3 is 10.5 Å². The maximum absolute atomic E-state index is 12.9. The fraction of sp³-hybridized carbons (Fsp3) is 0.250. The summed E-state index contributed by atoms with van der Waals surface area (Å²) < 4.78 is 17.7. The highest BCUT2D eigenvalue weighted by Gasteiger charge is 2.05. The molecule has 12 heavy (non-hydrogen) atoms. The maximum Gasteiger partial charge on any atom is 0.165 e. The topological polar surface area (TPSA) is 35.2 Å². The third kappa shape index (κ3) is 2.09. The fourth-order valence-electron chi connectivity index (χ4n) is 0.943. The van der Waals surface area contributed by atoms with Gasteiger partial charge in [0.2, 0.25) is 0 Å². The van der Waals surface area contributed by atoms with E-state index < -0.39 is 0 Å². The van der Waals surface area contributed by atoms with E-state index in [-0.39, 0.29) is 24.0 Å². The molecule has 1 aromatic carbocycles. The lowest BCUT2D eigenvalue weighted by Gasteiger charge is -2.05. The molecule has 0 bridgehead atoms. The van der Waals surface area contributed by atoms with E-state index in [1.54, 1.807) is 12.1 Å². The van der Waals surface area contributed by atoms with E-state index in [0.717, 1.165) is 0 Å². The first-order valence-corrected chi connectivity index (χ1v) is 3.31. The van der Waals surface area contributed by atoms with Gasteiger partial charge in [-0.3, -0.25) is 0 Å². The smallest absolute Gasteiger partial charge is 0.165 e. The molecule has 1 rings (SSSR count). The molecule has 0 heterocycles. The molecule has 0 unspecified atom stereocenters. The maximum atomic E-state index is 12.9. The average Bonchev–Trinajstić information content (AvgIpc) is 2.04. The summed E-state index contributed by atoms with van der Waals surface area (Å²) in [7, 11) is 1.43. The molecule has 2 N–H and O–H groups in total. The zero-order valence-corrected chi connectivity index (χ0v) is 7.53. The van der Waals surface area contributed by atoms with E-state index in [1.165, 1.54) is 13.2 Å². The Morgan fingerprint density at radius 3 is 2.58 bits per heavy atom. The van der Waals surface area contributed by atoms with Gasteiger partial charge in [-0.25, -0.2) is 4.39 Å². The second kappa shape index (κ2) is 4.95. The minimum absolute atomic E-state index is 0. The van der Waals surface area contributed by atoms with Crippen LogP contribution in [0.2, 0.25) is 0 Å². The molecule has 0 saturated heterocycles. The van der Waals surface area contributed by atoms with Gasteiger partial charge >= 0.3 is 0 Å². The monoisotopic (exact) mass is 191 g/mol. The zero-order chi connectivity index (χ0) is 8.27. The molecule has 68 valence electrons. The number of rotatable bonds is 2. The summed E-state index contributed by atoms with van der Waals surface area (Å²) in [6.45, 7) is 0.293. The number of benzene rings is 1. The molecule has 0 aromatic heterocycles. The molecular formula is C8H11ClFNO. The average molecular weight is 192 g/mol. The fourth-order valence-corrected chi connectivity index (χ4v) is 0.943. The molecule has 0 aliphatic carbocycles. The van der Waals surface area contributed by atoms with Crippen molar-refractivity contribution in [2.75, 3.05) is 7.11 Å². The van der Waals surface area contributed by atoms with Gasteiger partial charge in [0.25, 0.3) is 0 Å². The van der Waals surface area contributed by atoms with Crippen molar-refractivity contribution in [3.05, 3.63) is 29.6 Å². The Morgan fingerprint density at radius 2 is 2.17 bits per heavy atom. The summed E-state index contributed by atoms with van der Waals surface area (Å²) in [4.78, 5) is 0. The molecular weight excluding hydrogens is 181 g/mol. The molecule has 1 aromatic rings. The molecule has 0 fully saturated rings. The van der Waals surface area contributed by atoms with E-state index >= 15 is 0 Å². The molecule has 0 saturated carbocycles. The largest absolute Gasteiger partial charge is 0.493 e. The number of hydrogen-bond acceptors (Lipinski definition) is 2. The Hall–Kier alpha value is -0.800. The van der Waals surface area contributed by atoms with Gasteiger partial charge in [-0.05, 0) is 6.07 Å². The molecule has 0 aliphatic heterocycles. The predicted molar refractivity (Wildman–Crippen MR) is 48.1 cm³/mol. The van der Waals surface area contributed by atoms with Crippen LogP contribution in [-0.2, 0) is 6.54 Å². The van der Waals surface area contributed by atoms with Crippen LogP contribution in [0.1, 0.15) is 5.56 Å². The number of para-hydroxylation sites is 1. The summed E-state index contributed by atoms with van der Waals surface area (Å²) in [6, 6.07) is 4.69. The lowest BCUT2D eigenvalue weighted by atomic mass is 10.2. The Morgan fingerprint density at radius 1 is 1.50 bits per heavy atom. The summed E-state index contributed by atoms with van der Waals surface area (Å²) >= 11 is 0. The van der Waals surface area contributed by atoms with Crippen molar-refractivity contribution in [2.45, 2.75) is 6.54 Å². The van der Waals surface area contributed by atoms with E-state index in [0.29, 0.717) is 12.1 Å². The van der Waals surface area contributed by atoms with Crippen molar-refractivity contribution in [3.63, 3.8) is 0 Å². The Bertz CT molecular complexity index is 255. The third-order valence-corrected chi connectivity index (χ3v) is 1.47. The van der Waals surface area contributed by atoms with Crippen LogP contribution in [-0.4, -0.2) is 7.11 Å². The normalized spacial score (nSPS) is 8.92. The Kier molecular flexibility index (Phi) is 4.62. The molecule has 0 atom stereocenters. The Labute approximate surface area is 76.9 Å². The number of nitrogens with two attached hydrogens (primary N) is 1. The van der Waals surface area contributed by atoms with Crippen molar-refractivity contribution in [1.82, 2.24) is 0 Å². The second-order valence-electron chi connectivity index (χ2n) is 2.14. The van der Waals surface area contributed by atoms with E-state index in [1.807, 2.05) is 0 Å². The number of ether oxygens (including phenoxy) is 1. The van der Waals surface area contributed by atoms with E-state index in [9.17, 15) is 4.39 Å². The van der Waals surface area contributed by atoms with Crippen molar-refractivity contribution < 1.29 is 9.13 Å². The minimum atomic E-state index is -0.365. The highest BCUT2D eigenvalue weighted by molar-refractivity contribution is 5.85. The van der Waals surface area contributed by atoms with Crippen molar-refractivity contribution in [2.24, 2.45) is 5.73 Å². The van der Waals surface area contributed by atoms with Gasteiger partial charge in [-0.2, -0.15) is 0 Å². The SMILES string of the molecule is COc1c(F)cccc1CN.Cl. The molecule has 0 amide bonds. The summed E-state index contributed by atoms with van der Waals surface area (Å²) in [6.07, 6.45) is 0. The summed E-state index contributed by atoms with van der Waals surface area (Å²) in [5.41, 5.74) is 6.04. The Balaban J connectivity index is 0.00000121. The molecule has 0 radical (unpaired) electrons. The van der Waals surface area contributed by atoms with Gasteiger partial charge in [0, 0.05) is 12.1 Å². The van der Waals surface area contributed by atoms with Crippen LogP contribution in [0.15, 0.2) is 18.2 Å². The standard InChI is InChI=1S/C8H10FNO.ClH/c1-11-8-6(5-10)3-2-4-7(8)9;/h2-4H,5,10H2,1H3;1H. The first-order valence-electron chi connectivity index (χ1n) is 3.31. The highest BCUT2D eigenvalue weighted by atomic mass is 35.5.